The second kappa shape index (κ2) is 5.85. The van der Waals surface area contributed by atoms with Crippen LogP contribution in [0.3, 0.4) is 0 Å². The third kappa shape index (κ3) is 3.20. The molecule has 0 spiro atoms. The Morgan fingerprint density at radius 3 is 2.69 bits per heavy atom. The molecule has 0 aliphatic rings. The Labute approximate surface area is 98.7 Å². The van der Waals surface area contributed by atoms with Gasteiger partial charge in [-0.25, -0.2) is 4.98 Å². The van der Waals surface area contributed by atoms with Crippen molar-refractivity contribution in [3.63, 3.8) is 0 Å². The van der Waals surface area contributed by atoms with Gasteiger partial charge in [-0.2, -0.15) is 0 Å². The first-order valence-electron chi connectivity index (χ1n) is 5.95. The first-order valence-corrected chi connectivity index (χ1v) is 5.95. The maximum atomic E-state index is 5.59. The Morgan fingerprint density at radius 1 is 1.50 bits per heavy atom. The van der Waals surface area contributed by atoms with E-state index in [-0.39, 0.29) is 0 Å². The van der Waals surface area contributed by atoms with Crippen molar-refractivity contribution in [1.29, 1.82) is 0 Å². The Bertz CT molecular complexity index is 336. The monoisotopic (exact) mass is 221 g/mol. The molecule has 1 aromatic rings. The summed E-state index contributed by atoms with van der Waals surface area (Å²) in [6, 6.07) is 2.12. The molecule has 3 heteroatoms. The lowest BCUT2D eigenvalue weighted by molar-refractivity contribution is 0.557. The predicted molar refractivity (Wildman–Crippen MR) is 69.6 cm³/mol. The number of nitrogens with zero attached hydrogens (tertiary/aromatic N) is 2. The van der Waals surface area contributed by atoms with Gasteiger partial charge in [-0.15, -0.1) is 0 Å². The van der Waals surface area contributed by atoms with Gasteiger partial charge in [0.1, 0.15) is 5.82 Å². The molecular formula is C13H23N3. The van der Waals surface area contributed by atoms with Gasteiger partial charge < -0.3 is 10.6 Å². The van der Waals surface area contributed by atoms with E-state index in [2.05, 4.69) is 43.8 Å². The highest BCUT2D eigenvalue weighted by Crippen LogP contribution is 2.18. The molecule has 1 rings (SSSR count). The van der Waals surface area contributed by atoms with E-state index in [1.807, 2.05) is 6.20 Å². The van der Waals surface area contributed by atoms with Crippen LogP contribution in [0.25, 0.3) is 0 Å². The van der Waals surface area contributed by atoms with Crippen LogP contribution in [0.1, 0.15) is 31.4 Å². The zero-order valence-electron chi connectivity index (χ0n) is 10.8. The highest BCUT2D eigenvalue weighted by Gasteiger charge is 2.09. The summed E-state index contributed by atoms with van der Waals surface area (Å²) in [6.45, 7) is 8.18. The molecule has 1 heterocycles. The van der Waals surface area contributed by atoms with Gasteiger partial charge in [0.2, 0.25) is 0 Å². The molecule has 1 unspecified atom stereocenters. The van der Waals surface area contributed by atoms with Crippen LogP contribution < -0.4 is 10.6 Å². The average Bonchev–Trinajstić information content (AvgIpc) is 2.28. The van der Waals surface area contributed by atoms with Gasteiger partial charge >= 0.3 is 0 Å². The summed E-state index contributed by atoms with van der Waals surface area (Å²) in [5, 5.41) is 0. The van der Waals surface area contributed by atoms with Gasteiger partial charge in [-0.05, 0) is 30.0 Å². The summed E-state index contributed by atoms with van der Waals surface area (Å²) in [5.41, 5.74) is 7.89. The largest absolute Gasteiger partial charge is 0.359 e. The molecule has 0 saturated heterocycles. The smallest absolute Gasteiger partial charge is 0.131 e. The number of anilines is 1. The minimum Gasteiger partial charge on any atom is -0.359 e. The summed E-state index contributed by atoms with van der Waals surface area (Å²) in [5.74, 6) is 1.76. The summed E-state index contributed by atoms with van der Waals surface area (Å²) in [4.78, 5) is 6.71. The number of aryl methyl sites for hydroxylation is 1. The first kappa shape index (κ1) is 13.0. The molecule has 0 radical (unpaired) electrons. The SMILES string of the molecule is CCC(C)CN(C)c1ncc(CN)cc1C. The van der Waals surface area contributed by atoms with Crippen LogP contribution in [0.15, 0.2) is 12.3 Å². The van der Waals surface area contributed by atoms with Crippen molar-refractivity contribution >= 4 is 5.82 Å². The van der Waals surface area contributed by atoms with E-state index >= 15 is 0 Å². The summed E-state index contributed by atoms with van der Waals surface area (Å²) >= 11 is 0. The lowest BCUT2D eigenvalue weighted by atomic mass is 10.1. The van der Waals surface area contributed by atoms with Crippen molar-refractivity contribution < 1.29 is 0 Å². The highest BCUT2D eigenvalue weighted by molar-refractivity contribution is 5.46. The second-order valence-electron chi connectivity index (χ2n) is 4.58. The van der Waals surface area contributed by atoms with E-state index in [0.29, 0.717) is 12.5 Å². The normalized spacial score (nSPS) is 12.6. The number of rotatable bonds is 5. The van der Waals surface area contributed by atoms with Crippen molar-refractivity contribution in [2.75, 3.05) is 18.5 Å². The maximum Gasteiger partial charge on any atom is 0.131 e. The van der Waals surface area contributed by atoms with Gasteiger partial charge in [0.05, 0.1) is 0 Å². The van der Waals surface area contributed by atoms with Crippen LogP contribution in [-0.4, -0.2) is 18.6 Å². The molecule has 2 N–H and O–H groups in total. The van der Waals surface area contributed by atoms with E-state index in [4.69, 9.17) is 5.73 Å². The fourth-order valence-electron chi connectivity index (χ4n) is 1.82. The van der Waals surface area contributed by atoms with E-state index in [1.165, 1.54) is 12.0 Å². The molecule has 1 aromatic heterocycles. The minimum absolute atomic E-state index is 0.559. The van der Waals surface area contributed by atoms with Crippen LogP contribution >= 0.6 is 0 Å². The zero-order chi connectivity index (χ0) is 12.1. The quantitative estimate of drug-likeness (QED) is 0.829. The van der Waals surface area contributed by atoms with Gasteiger partial charge in [0.15, 0.2) is 0 Å². The minimum atomic E-state index is 0.559. The fraction of sp³-hybridized carbons (Fsp3) is 0.615. The summed E-state index contributed by atoms with van der Waals surface area (Å²) in [6.07, 6.45) is 3.07. The zero-order valence-corrected chi connectivity index (χ0v) is 10.8. The van der Waals surface area contributed by atoms with Crippen LogP contribution in [0.4, 0.5) is 5.82 Å². The molecule has 0 bridgehead atoms. The first-order chi connectivity index (χ1) is 7.58. The van der Waals surface area contributed by atoms with E-state index in [0.717, 1.165) is 17.9 Å². The molecule has 90 valence electrons. The predicted octanol–water partition coefficient (Wildman–Crippen LogP) is 2.33. The Balaban J connectivity index is 2.79. The summed E-state index contributed by atoms with van der Waals surface area (Å²) in [7, 11) is 2.10. The van der Waals surface area contributed by atoms with E-state index < -0.39 is 0 Å². The fourth-order valence-corrected chi connectivity index (χ4v) is 1.82. The molecular weight excluding hydrogens is 198 g/mol. The van der Waals surface area contributed by atoms with Crippen LogP contribution in [-0.2, 0) is 6.54 Å². The maximum absolute atomic E-state index is 5.59. The number of nitrogens with two attached hydrogens (primary N) is 1. The average molecular weight is 221 g/mol. The van der Waals surface area contributed by atoms with Crippen LogP contribution in [0.5, 0.6) is 0 Å². The molecule has 0 saturated carbocycles. The van der Waals surface area contributed by atoms with Crippen LogP contribution in [0.2, 0.25) is 0 Å². The van der Waals surface area contributed by atoms with Crippen molar-refractivity contribution in [2.24, 2.45) is 11.7 Å². The number of hydrogen-bond donors (Lipinski definition) is 1. The molecule has 0 aromatic carbocycles. The van der Waals surface area contributed by atoms with Gasteiger partial charge in [0, 0.05) is 26.3 Å². The van der Waals surface area contributed by atoms with E-state index in [1.54, 1.807) is 0 Å². The number of pyridine rings is 1. The topological polar surface area (TPSA) is 42.2 Å². The third-order valence-corrected chi connectivity index (χ3v) is 2.99. The van der Waals surface area contributed by atoms with Gasteiger partial charge in [0.25, 0.3) is 0 Å². The number of aromatic nitrogens is 1. The Morgan fingerprint density at radius 2 is 2.19 bits per heavy atom. The Hall–Kier alpha value is -1.09. The van der Waals surface area contributed by atoms with Gasteiger partial charge in [-0.1, -0.05) is 20.3 Å². The highest BCUT2D eigenvalue weighted by atomic mass is 15.2. The van der Waals surface area contributed by atoms with Crippen LogP contribution in [0, 0.1) is 12.8 Å². The van der Waals surface area contributed by atoms with Crippen molar-refractivity contribution in [2.45, 2.75) is 33.7 Å². The second-order valence-corrected chi connectivity index (χ2v) is 4.58. The molecule has 3 nitrogen and oxygen atoms in total. The molecule has 0 aliphatic heterocycles. The van der Waals surface area contributed by atoms with Crippen molar-refractivity contribution in [3.05, 3.63) is 23.4 Å². The lowest BCUT2D eigenvalue weighted by Crippen LogP contribution is -2.25. The molecule has 0 aliphatic carbocycles. The van der Waals surface area contributed by atoms with Gasteiger partial charge in [-0.3, -0.25) is 0 Å². The standard InChI is InChI=1S/C13H23N3/c1-5-10(2)9-16(4)13-11(3)6-12(7-14)8-15-13/h6,8,10H,5,7,9,14H2,1-4H3. The van der Waals surface area contributed by atoms with E-state index in [9.17, 15) is 0 Å². The lowest BCUT2D eigenvalue weighted by Gasteiger charge is -2.23. The van der Waals surface area contributed by atoms with Crippen molar-refractivity contribution in [1.82, 2.24) is 4.98 Å². The molecule has 0 fully saturated rings. The molecule has 0 amide bonds. The third-order valence-electron chi connectivity index (χ3n) is 2.99. The van der Waals surface area contributed by atoms with Crippen molar-refractivity contribution in [3.8, 4) is 0 Å². The summed E-state index contributed by atoms with van der Waals surface area (Å²) < 4.78 is 0. The molecule has 1 atom stereocenters. The molecule has 16 heavy (non-hydrogen) atoms. The Kier molecular flexibility index (Phi) is 4.74. The number of hydrogen-bond acceptors (Lipinski definition) is 3.